The highest BCUT2D eigenvalue weighted by Gasteiger charge is 2.28. The molecule has 0 fully saturated rings. The van der Waals surface area contributed by atoms with E-state index in [1.807, 2.05) is 31.2 Å². The summed E-state index contributed by atoms with van der Waals surface area (Å²) in [6.07, 6.45) is 1.81. The summed E-state index contributed by atoms with van der Waals surface area (Å²) in [6.45, 7) is 2.70. The molecule has 0 saturated heterocycles. The fourth-order valence-corrected chi connectivity index (χ4v) is 3.27. The lowest BCUT2D eigenvalue weighted by atomic mass is 10.0. The van der Waals surface area contributed by atoms with Crippen LogP contribution in [0.4, 0.5) is 4.39 Å². The molecule has 29 heavy (non-hydrogen) atoms. The molecule has 1 amide bonds. The Bertz CT molecular complexity index is 996. The quantitative estimate of drug-likeness (QED) is 0.618. The smallest absolute Gasteiger partial charge is 0.289 e. The minimum Gasteiger partial charge on any atom is -0.459 e. The van der Waals surface area contributed by atoms with E-state index in [1.54, 1.807) is 29.2 Å². The Morgan fingerprint density at radius 3 is 2.59 bits per heavy atom. The van der Waals surface area contributed by atoms with E-state index >= 15 is 0 Å². The van der Waals surface area contributed by atoms with Gasteiger partial charge in [-0.3, -0.25) is 4.79 Å². The van der Waals surface area contributed by atoms with Gasteiger partial charge in [0.1, 0.15) is 5.82 Å². The maximum atomic E-state index is 13.2. The number of hydrogen-bond acceptors (Lipinski definition) is 4. The van der Waals surface area contributed by atoms with E-state index < -0.39 is 0 Å². The molecule has 5 nitrogen and oxygen atoms in total. The first-order valence-corrected chi connectivity index (χ1v) is 9.45. The molecule has 2 heterocycles. The van der Waals surface area contributed by atoms with E-state index in [0.29, 0.717) is 19.5 Å². The minimum atomic E-state index is -0.312. The molecule has 0 spiro atoms. The molecule has 0 bridgehead atoms. The largest absolute Gasteiger partial charge is 0.459 e. The number of carbonyl (C=O) groups excluding carboxylic acids is 1. The van der Waals surface area contributed by atoms with Gasteiger partial charge in [-0.25, -0.2) is 4.39 Å². The Kier molecular flexibility index (Phi) is 5.42. The zero-order valence-corrected chi connectivity index (χ0v) is 16.0. The first kappa shape index (κ1) is 18.9. The predicted molar refractivity (Wildman–Crippen MR) is 107 cm³/mol. The predicted octanol–water partition coefficient (Wildman–Crippen LogP) is 4.56. The summed E-state index contributed by atoms with van der Waals surface area (Å²) in [5, 5.41) is 4.22. The maximum absolute atomic E-state index is 13.2. The fourth-order valence-electron chi connectivity index (χ4n) is 3.27. The zero-order valence-electron chi connectivity index (χ0n) is 16.0. The molecule has 148 valence electrons. The molecule has 1 atom stereocenters. The second-order valence-electron chi connectivity index (χ2n) is 7.12. The average molecular weight is 392 g/mol. The summed E-state index contributed by atoms with van der Waals surface area (Å²) in [5.74, 6) is -0.301. The molecule has 0 saturated carbocycles. The SMILES string of the molecule is Cc1ccc(C2=NOC(CN(Cc3ccc(F)cc3)C(=O)c3ccco3)C2)cc1. The highest BCUT2D eigenvalue weighted by molar-refractivity contribution is 6.01. The number of benzene rings is 2. The van der Waals surface area contributed by atoms with Crippen molar-refractivity contribution in [3.8, 4) is 0 Å². The lowest BCUT2D eigenvalue weighted by molar-refractivity contribution is 0.0387. The Morgan fingerprint density at radius 2 is 1.90 bits per heavy atom. The zero-order chi connectivity index (χ0) is 20.2. The van der Waals surface area contributed by atoms with Crippen molar-refractivity contribution < 1.29 is 18.4 Å². The summed E-state index contributed by atoms with van der Waals surface area (Å²) in [4.78, 5) is 20.2. The number of aryl methyl sites for hydroxylation is 1. The first-order chi connectivity index (χ1) is 14.1. The van der Waals surface area contributed by atoms with Crippen LogP contribution in [0.2, 0.25) is 0 Å². The maximum Gasteiger partial charge on any atom is 0.289 e. The monoisotopic (exact) mass is 392 g/mol. The summed E-state index contributed by atoms with van der Waals surface area (Å²) in [6, 6.07) is 17.5. The second-order valence-corrected chi connectivity index (χ2v) is 7.12. The highest BCUT2D eigenvalue weighted by atomic mass is 19.1. The Morgan fingerprint density at radius 1 is 1.14 bits per heavy atom. The molecule has 1 aliphatic rings. The van der Waals surface area contributed by atoms with Gasteiger partial charge in [-0.1, -0.05) is 47.1 Å². The van der Waals surface area contributed by atoms with Crippen LogP contribution in [0, 0.1) is 12.7 Å². The van der Waals surface area contributed by atoms with E-state index in [-0.39, 0.29) is 23.6 Å². The Labute approximate surface area is 168 Å². The van der Waals surface area contributed by atoms with Crippen LogP contribution < -0.4 is 0 Å². The van der Waals surface area contributed by atoms with Crippen LogP contribution >= 0.6 is 0 Å². The Hall–Kier alpha value is -3.41. The van der Waals surface area contributed by atoms with Gasteiger partial charge < -0.3 is 14.2 Å². The van der Waals surface area contributed by atoms with Crippen LogP contribution in [0.15, 0.2) is 76.5 Å². The first-order valence-electron chi connectivity index (χ1n) is 9.45. The van der Waals surface area contributed by atoms with Crippen LogP contribution in [0.5, 0.6) is 0 Å². The van der Waals surface area contributed by atoms with Crippen molar-refractivity contribution in [2.75, 3.05) is 6.54 Å². The van der Waals surface area contributed by atoms with Crippen molar-refractivity contribution in [2.45, 2.75) is 26.0 Å². The molecular formula is C23H21FN2O3. The molecule has 1 unspecified atom stereocenters. The minimum absolute atomic E-state index is 0.244. The molecule has 0 aliphatic carbocycles. The van der Waals surface area contributed by atoms with Gasteiger partial charge >= 0.3 is 0 Å². The van der Waals surface area contributed by atoms with Gasteiger partial charge in [0, 0.05) is 13.0 Å². The fraction of sp³-hybridized carbons (Fsp3) is 0.217. The molecule has 4 rings (SSSR count). The number of rotatable bonds is 6. The second kappa shape index (κ2) is 8.31. The standard InChI is InChI=1S/C23H21FN2O3/c1-16-4-8-18(9-5-16)21-13-20(29-25-21)15-26(23(27)22-3-2-12-28-22)14-17-6-10-19(24)11-7-17/h2-12,20H,13-15H2,1H3. The number of furan rings is 1. The van der Waals surface area contributed by atoms with Crippen molar-refractivity contribution in [3.05, 3.63) is 95.2 Å². The van der Waals surface area contributed by atoms with E-state index in [1.165, 1.54) is 24.0 Å². The van der Waals surface area contributed by atoms with Gasteiger partial charge in [-0.2, -0.15) is 0 Å². The third-order valence-electron chi connectivity index (χ3n) is 4.85. The summed E-state index contributed by atoms with van der Waals surface area (Å²) < 4.78 is 18.5. The summed E-state index contributed by atoms with van der Waals surface area (Å²) in [7, 11) is 0. The van der Waals surface area contributed by atoms with Gasteiger partial charge in [0.2, 0.25) is 0 Å². The molecule has 1 aliphatic heterocycles. The van der Waals surface area contributed by atoms with Crippen LogP contribution in [-0.2, 0) is 11.4 Å². The van der Waals surface area contributed by atoms with Gasteiger partial charge in [0.05, 0.1) is 18.5 Å². The molecule has 2 aromatic carbocycles. The van der Waals surface area contributed by atoms with E-state index in [9.17, 15) is 9.18 Å². The van der Waals surface area contributed by atoms with E-state index in [4.69, 9.17) is 9.25 Å². The van der Waals surface area contributed by atoms with Gasteiger partial charge in [0.25, 0.3) is 5.91 Å². The number of amides is 1. The number of halogens is 1. The molecule has 0 N–H and O–H groups in total. The summed E-state index contributed by atoms with van der Waals surface area (Å²) in [5.41, 5.74) is 3.88. The van der Waals surface area contributed by atoms with Crippen molar-refractivity contribution >= 4 is 11.6 Å². The number of carbonyl (C=O) groups is 1. The highest BCUT2D eigenvalue weighted by Crippen LogP contribution is 2.20. The van der Waals surface area contributed by atoms with Crippen LogP contribution in [0.25, 0.3) is 0 Å². The van der Waals surface area contributed by atoms with Gasteiger partial charge in [-0.05, 0) is 42.3 Å². The summed E-state index contributed by atoms with van der Waals surface area (Å²) >= 11 is 0. The van der Waals surface area contributed by atoms with Crippen LogP contribution in [-0.4, -0.2) is 29.2 Å². The average Bonchev–Trinajstić information content (AvgIpc) is 3.41. The normalized spacial score (nSPS) is 15.7. The van der Waals surface area contributed by atoms with Gasteiger partial charge in [0.15, 0.2) is 11.9 Å². The molecule has 0 radical (unpaired) electrons. The molecule has 6 heteroatoms. The van der Waals surface area contributed by atoms with E-state index in [0.717, 1.165) is 16.8 Å². The third kappa shape index (κ3) is 4.54. The topological polar surface area (TPSA) is 55.0 Å². The molecule has 3 aromatic rings. The lowest BCUT2D eigenvalue weighted by Gasteiger charge is -2.24. The van der Waals surface area contributed by atoms with Crippen molar-refractivity contribution in [1.29, 1.82) is 0 Å². The number of hydrogen-bond donors (Lipinski definition) is 0. The molecule has 1 aromatic heterocycles. The van der Waals surface area contributed by atoms with Crippen molar-refractivity contribution in [2.24, 2.45) is 5.16 Å². The third-order valence-corrected chi connectivity index (χ3v) is 4.85. The van der Waals surface area contributed by atoms with Crippen molar-refractivity contribution in [1.82, 2.24) is 4.90 Å². The lowest BCUT2D eigenvalue weighted by Crippen LogP contribution is -2.37. The Balaban J connectivity index is 1.47. The molecular weight excluding hydrogens is 371 g/mol. The van der Waals surface area contributed by atoms with E-state index in [2.05, 4.69) is 5.16 Å². The van der Waals surface area contributed by atoms with Crippen LogP contribution in [0.3, 0.4) is 0 Å². The van der Waals surface area contributed by atoms with Gasteiger partial charge in [-0.15, -0.1) is 0 Å². The van der Waals surface area contributed by atoms with Crippen molar-refractivity contribution in [3.63, 3.8) is 0 Å². The number of nitrogens with zero attached hydrogens (tertiary/aromatic N) is 2. The van der Waals surface area contributed by atoms with Crippen LogP contribution in [0.1, 0.15) is 33.7 Å². The number of oxime groups is 1.